The van der Waals surface area contributed by atoms with Crippen LogP contribution in [0.3, 0.4) is 0 Å². The summed E-state index contributed by atoms with van der Waals surface area (Å²) in [5, 5.41) is 3.46. The molecular weight excluding hydrogens is 388 g/mol. The van der Waals surface area contributed by atoms with Crippen molar-refractivity contribution in [1.29, 1.82) is 0 Å². The fourth-order valence-corrected chi connectivity index (χ4v) is 3.17. The van der Waals surface area contributed by atoms with Crippen LogP contribution in [0, 0.1) is 6.92 Å². The number of hydrogen-bond acceptors (Lipinski definition) is 3. The van der Waals surface area contributed by atoms with E-state index in [2.05, 4.69) is 5.32 Å². The minimum Gasteiger partial charge on any atom is -0.484 e. The smallest absolute Gasteiger partial charge is 0.261 e. The number of nitrogens with one attached hydrogen (secondary N) is 1. The Morgan fingerprint density at radius 2 is 1.76 bits per heavy atom. The lowest BCUT2D eigenvalue weighted by atomic mass is 10.1. The number of hydrogen-bond donors (Lipinski definition) is 1. The molecule has 0 heterocycles. The number of carbonyl (C=O) groups is 2. The molecule has 0 aromatic heterocycles. The average molecular weight is 417 g/mol. The molecule has 2 rings (SSSR count). The molecule has 156 valence electrons. The van der Waals surface area contributed by atoms with Gasteiger partial charge < -0.3 is 15.0 Å². The first kappa shape index (κ1) is 22.8. The van der Waals surface area contributed by atoms with E-state index in [4.69, 9.17) is 16.3 Å². The molecule has 0 bridgehead atoms. The van der Waals surface area contributed by atoms with E-state index in [0.717, 1.165) is 11.1 Å². The number of ether oxygens (including phenoxy) is 1. The second-order valence-corrected chi connectivity index (χ2v) is 7.71. The Kier molecular flexibility index (Phi) is 8.52. The summed E-state index contributed by atoms with van der Waals surface area (Å²) in [6.07, 6.45) is 0.485. The number of carbonyl (C=O) groups excluding carboxylic acids is 2. The van der Waals surface area contributed by atoms with Crippen molar-refractivity contribution in [3.05, 3.63) is 64.7 Å². The van der Waals surface area contributed by atoms with Gasteiger partial charge in [0.05, 0.1) is 0 Å². The van der Waals surface area contributed by atoms with Crippen LogP contribution in [0.4, 0.5) is 0 Å². The molecule has 0 saturated carbocycles. The maximum absolute atomic E-state index is 13.1. The van der Waals surface area contributed by atoms with Gasteiger partial charge in [-0.3, -0.25) is 9.59 Å². The van der Waals surface area contributed by atoms with E-state index in [1.54, 1.807) is 11.0 Å². The maximum atomic E-state index is 13.1. The van der Waals surface area contributed by atoms with Gasteiger partial charge in [-0.2, -0.15) is 0 Å². The molecule has 1 atom stereocenters. The highest BCUT2D eigenvalue weighted by Gasteiger charge is 2.29. The number of amides is 2. The Labute approximate surface area is 178 Å². The third-order valence-electron chi connectivity index (χ3n) is 4.50. The Bertz CT molecular complexity index is 821. The Balaban J connectivity index is 2.21. The van der Waals surface area contributed by atoms with Crippen LogP contribution in [-0.2, 0) is 16.1 Å². The van der Waals surface area contributed by atoms with E-state index >= 15 is 0 Å². The highest BCUT2D eigenvalue weighted by molar-refractivity contribution is 6.31. The summed E-state index contributed by atoms with van der Waals surface area (Å²) in [5.74, 6) is 0.163. The summed E-state index contributed by atoms with van der Waals surface area (Å²) < 4.78 is 5.67. The predicted molar refractivity (Wildman–Crippen MR) is 116 cm³/mol. The van der Waals surface area contributed by atoms with Crippen LogP contribution in [-0.4, -0.2) is 35.4 Å². The van der Waals surface area contributed by atoms with E-state index < -0.39 is 6.04 Å². The monoisotopic (exact) mass is 416 g/mol. The third-order valence-corrected chi connectivity index (χ3v) is 4.87. The van der Waals surface area contributed by atoms with Crippen molar-refractivity contribution in [3.8, 4) is 5.75 Å². The molecule has 0 unspecified atom stereocenters. The molecule has 2 amide bonds. The summed E-state index contributed by atoms with van der Waals surface area (Å²) in [6.45, 7) is 7.74. The Hall–Kier alpha value is -2.53. The number of nitrogens with zero attached hydrogens (tertiary/aromatic N) is 1. The van der Waals surface area contributed by atoms with Crippen LogP contribution in [0.25, 0.3) is 0 Å². The molecular formula is C23H29ClN2O3. The van der Waals surface area contributed by atoms with E-state index in [0.29, 0.717) is 17.2 Å². The van der Waals surface area contributed by atoms with E-state index in [1.807, 2.05) is 70.2 Å². The fourth-order valence-electron chi connectivity index (χ4n) is 2.97. The maximum Gasteiger partial charge on any atom is 0.261 e. The first-order valence-electron chi connectivity index (χ1n) is 9.84. The molecule has 5 nitrogen and oxygen atoms in total. The van der Waals surface area contributed by atoms with Crippen LogP contribution in [0.15, 0.2) is 48.5 Å². The molecule has 29 heavy (non-hydrogen) atoms. The number of aryl methyl sites for hydroxylation is 1. The number of rotatable bonds is 9. The molecule has 1 N–H and O–H groups in total. The molecule has 0 aliphatic carbocycles. The number of halogens is 1. The van der Waals surface area contributed by atoms with Crippen LogP contribution >= 0.6 is 11.6 Å². The van der Waals surface area contributed by atoms with Gasteiger partial charge in [0, 0.05) is 17.6 Å². The van der Waals surface area contributed by atoms with Gasteiger partial charge in [0.15, 0.2) is 6.61 Å². The lowest BCUT2D eigenvalue weighted by Gasteiger charge is -2.31. The first-order valence-corrected chi connectivity index (χ1v) is 10.2. The minimum atomic E-state index is -0.609. The highest BCUT2D eigenvalue weighted by atomic mass is 35.5. The Morgan fingerprint density at radius 3 is 2.34 bits per heavy atom. The molecule has 6 heteroatoms. The third kappa shape index (κ3) is 6.79. The van der Waals surface area contributed by atoms with Crippen LogP contribution in [0.5, 0.6) is 5.75 Å². The highest BCUT2D eigenvalue weighted by Crippen LogP contribution is 2.20. The Morgan fingerprint density at radius 1 is 1.10 bits per heavy atom. The summed E-state index contributed by atoms with van der Waals surface area (Å²) in [7, 11) is 0. The molecule has 0 aliphatic rings. The van der Waals surface area contributed by atoms with Crippen LogP contribution < -0.4 is 10.1 Å². The van der Waals surface area contributed by atoms with Crippen molar-refractivity contribution in [1.82, 2.24) is 10.2 Å². The molecule has 2 aromatic rings. The van der Waals surface area contributed by atoms with Gasteiger partial charge in [0.1, 0.15) is 11.8 Å². The zero-order chi connectivity index (χ0) is 21.4. The number of benzene rings is 2. The largest absolute Gasteiger partial charge is 0.484 e. The second kappa shape index (κ2) is 10.9. The summed E-state index contributed by atoms with van der Waals surface area (Å²) >= 11 is 6.30. The minimum absolute atomic E-state index is 0.0161. The van der Waals surface area contributed by atoms with E-state index in [9.17, 15) is 9.59 Å². The van der Waals surface area contributed by atoms with E-state index in [-0.39, 0.29) is 31.0 Å². The lowest BCUT2D eigenvalue weighted by molar-refractivity contribution is -0.143. The summed E-state index contributed by atoms with van der Waals surface area (Å²) in [6, 6.07) is 14.2. The molecule has 0 radical (unpaired) electrons. The van der Waals surface area contributed by atoms with Crippen molar-refractivity contribution in [2.45, 2.75) is 52.7 Å². The van der Waals surface area contributed by atoms with Gasteiger partial charge in [-0.1, -0.05) is 54.4 Å². The summed E-state index contributed by atoms with van der Waals surface area (Å²) in [4.78, 5) is 27.4. The average Bonchev–Trinajstić information content (AvgIpc) is 2.68. The molecule has 0 fully saturated rings. The first-order chi connectivity index (χ1) is 13.8. The van der Waals surface area contributed by atoms with Gasteiger partial charge in [-0.15, -0.1) is 0 Å². The van der Waals surface area contributed by atoms with Crippen molar-refractivity contribution in [2.24, 2.45) is 0 Å². The topological polar surface area (TPSA) is 58.6 Å². The normalized spacial score (nSPS) is 11.8. The molecule has 0 saturated heterocycles. The van der Waals surface area contributed by atoms with Crippen molar-refractivity contribution in [2.75, 3.05) is 6.61 Å². The quantitative estimate of drug-likeness (QED) is 0.660. The fraction of sp³-hybridized carbons (Fsp3) is 0.391. The van der Waals surface area contributed by atoms with Crippen molar-refractivity contribution in [3.63, 3.8) is 0 Å². The summed E-state index contributed by atoms with van der Waals surface area (Å²) in [5.41, 5.74) is 1.90. The van der Waals surface area contributed by atoms with E-state index in [1.165, 1.54) is 0 Å². The second-order valence-electron chi connectivity index (χ2n) is 7.30. The van der Waals surface area contributed by atoms with Gasteiger partial charge in [-0.05, 0) is 51.0 Å². The van der Waals surface area contributed by atoms with Crippen molar-refractivity contribution < 1.29 is 14.3 Å². The van der Waals surface area contributed by atoms with Gasteiger partial charge in [-0.25, -0.2) is 0 Å². The SMILES string of the molecule is CC[C@H](C(=O)NC(C)C)N(Cc1ccccc1Cl)C(=O)COc1ccc(C)cc1. The predicted octanol–water partition coefficient (Wildman–Crippen LogP) is 4.36. The standard InChI is InChI=1S/C23H29ClN2O3/c1-5-21(23(28)25-16(2)3)26(14-18-8-6-7-9-20(18)24)22(27)15-29-19-12-10-17(4)11-13-19/h6-13,16,21H,5,14-15H2,1-4H3,(H,25,28)/t21-/m1/s1. The zero-order valence-corrected chi connectivity index (χ0v) is 18.2. The van der Waals surface area contributed by atoms with Gasteiger partial charge >= 0.3 is 0 Å². The van der Waals surface area contributed by atoms with Gasteiger partial charge in [0.2, 0.25) is 5.91 Å². The van der Waals surface area contributed by atoms with Crippen LogP contribution in [0.1, 0.15) is 38.3 Å². The van der Waals surface area contributed by atoms with Gasteiger partial charge in [0.25, 0.3) is 5.91 Å². The zero-order valence-electron chi connectivity index (χ0n) is 17.4. The molecule has 0 aliphatic heterocycles. The molecule has 0 spiro atoms. The lowest BCUT2D eigenvalue weighted by Crippen LogP contribution is -2.51. The van der Waals surface area contributed by atoms with Crippen LogP contribution in [0.2, 0.25) is 5.02 Å². The van der Waals surface area contributed by atoms with Crippen molar-refractivity contribution >= 4 is 23.4 Å². The molecule has 2 aromatic carbocycles.